The lowest BCUT2D eigenvalue weighted by molar-refractivity contribution is 0.0603. The molecule has 1 aromatic rings. The Balaban J connectivity index is 1.99. The SMILES string of the molecule is COC(=O)c1c(N)nsc1NCC1CCN(C)C1. The molecule has 6 nitrogen and oxygen atoms in total. The molecular formula is C11H18N4O2S. The Hall–Kier alpha value is -1.34. The molecule has 1 unspecified atom stereocenters. The van der Waals surface area contributed by atoms with E-state index in [-0.39, 0.29) is 5.82 Å². The van der Waals surface area contributed by atoms with Gasteiger partial charge in [-0.2, -0.15) is 4.37 Å². The number of methoxy groups -OCH3 is 1. The molecule has 1 atom stereocenters. The largest absolute Gasteiger partial charge is 0.465 e. The first kappa shape index (κ1) is 13.1. The van der Waals surface area contributed by atoms with Crippen molar-refractivity contribution in [1.82, 2.24) is 9.27 Å². The number of aromatic nitrogens is 1. The van der Waals surface area contributed by atoms with Crippen LogP contribution in [0.1, 0.15) is 16.8 Å². The van der Waals surface area contributed by atoms with E-state index in [1.807, 2.05) is 0 Å². The van der Waals surface area contributed by atoms with Crippen LogP contribution in [-0.2, 0) is 4.74 Å². The molecule has 1 aliphatic rings. The standard InChI is InChI=1S/C11H18N4O2S/c1-15-4-3-7(6-15)5-13-10-8(11(16)17-2)9(12)14-18-10/h7,13H,3-6H2,1-2H3,(H2,12,14). The van der Waals surface area contributed by atoms with Crippen LogP contribution in [0.25, 0.3) is 0 Å². The summed E-state index contributed by atoms with van der Waals surface area (Å²) in [4.78, 5) is 13.9. The molecule has 0 aliphatic carbocycles. The summed E-state index contributed by atoms with van der Waals surface area (Å²) < 4.78 is 8.70. The minimum atomic E-state index is -0.438. The number of hydrogen-bond acceptors (Lipinski definition) is 7. The van der Waals surface area contributed by atoms with Crippen LogP contribution in [0, 0.1) is 5.92 Å². The molecule has 1 saturated heterocycles. The van der Waals surface area contributed by atoms with E-state index in [0.717, 1.165) is 19.6 Å². The normalized spacial score (nSPS) is 20.0. The molecule has 2 heterocycles. The van der Waals surface area contributed by atoms with E-state index in [9.17, 15) is 4.79 Å². The third-order valence-electron chi connectivity index (χ3n) is 3.15. The van der Waals surface area contributed by atoms with Crippen molar-refractivity contribution in [2.45, 2.75) is 6.42 Å². The molecule has 2 rings (SSSR count). The van der Waals surface area contributed by atoms with E-state index in [4.69, 9.17) is 10.5 Å². The number of rotatable bonds is 4. The van der Waals surface area contributed by atoms with Crippen LogP contribution in [0.4, 0.5) is 10.8 Å². The summed E-state index contributed by atoms with van der Waals surface area (Å²) in [6, 6.07) is 0. The van der Waals surface area contributed by atoms with Crippen LogP contribution in [0.3, 0.4) is 0 Å². The number of nitrogens with one attached hydrogen (secondary N) is 1. The summed E-state index contributed by atoms with van der Waals surface area (Å²) in [6.07, 6.45) is 1.17. The molecule has 1 aliphatic heterocycles. The van der Waals surface area contributed by atoms with E-state index in [0.29, 0.717) is 16.5 Å². The lowest BCUT2D eigenvalue weighted by Crippen LogP contribution is -2.19. The zero-order chi connectivity index (χ0) is 13.1. The molecule has 0 saturated carbocycles. The Morgan fingerprint density at radius 1 is 1.72 bits per heavy atom. The van der Waals surface area contributed by atoms with Crippen molar-refractivity contribution < 1.29 is 9.53 Å². The number of ether oxygens (including phenoxy) is 1. The van der Waals surface area contributed by atoms with Gasteiger partial charge in [-0.15, -0.1) is 0 Å². The van der Waals surface area contributed by atoms with Gasteiger partial charge in [-0.1, -0.05) is 0 Å². The number of nitrogens with zero attached hydrogens (tertiary/aromatic N) is 2. The summed E-state index contributed by atoms with van der Waals surface area (Å²) in [6.45, 7) is 3.03. The topological polar surface area (TPSA) is 80.5 Å². The van der Waals surface area contributed by atoms with Crippen molar-refractivity contribution in [3.63, 3.8) is 0 Å². The molecule has 1 aromatic heterocycles. The summed E-state index contributed by atoms with van der Waals surface area (Å²) in [5, 5.41) is 3.96. The lowest BCUT2D eigenvalue weighted by Gasteiger charge is -2.12. The average molecular weight is 270 g/mol. The van der Waals surface area contributed by atoms with E-state index < -0.39 is 5.97 Å². The Morgan fingerprint density at radius 2 is 2.50 bits per heavy atom. The fourth-order valence-electron chi connectivity index (χ4n) is 2.15. The van der Waals surface area contributed by atoms with Gasteiger partial charge in [-0.3, -0.25) is 0 Å². The predicted molar refractivity (Wildman–Crippen MR) is 72.0 cm³/mol. The highest BCUT2D eigenvalue weighted by molar-refractivity contribution is 7.11. The van der Waals surface area contributed by atoms with Gasteiger partial charge in [-0.05, 0) is 37.5 Å². The average Bonchev–Trinajstić information content (AvgIpc) is 2.92. The third kappa shape index (κ3) is 2.73. The van der Waals surface area contributed by atoms with E-state index in [2.05, 4.69) is 21.6 Å². The first-order valence-electron chi connectivity index (χ1n) is 5.87. The van der Waals surface area contributed by atoms with Crippen LogP contribution in [0.15, 0.2) is 0 Å². The van der Waals surface area contributed by atoms with Gasteiger partial charge in [0.25, 0.3) is 0 Å². The smallest absolute Gasteiger partial charge is 0.344 e. The fraction of sp³-hybridized carbons (Fsp3) is 0.636. The molecule has 18 heavy (non-hydrogen) atoms. The van der Waals surface area contributed by atoms with Gasteiger partial charge in [0.1, 0.15) is 10.6 Å². The predicted octanol–water partition coefficient (Wildman–Crippen LogP) is 0.875. The van der Waals surface area contributed by atoms with Crippen LogP contribution in [0.5, 0.6) is 0 Å². The highest BCUT2D eigenvalue weighted by atomic mass is 32.1. The zero-order valence-electron chi connectivity index (χ0n) is 10.6. The van der Waals surface area contributed by atoms with E-state index in [1.54, 1.807) is 0 Å². The summed E-state index contributed by atoms with van der Waals surface area (Å²) >= 11 is 1.20. The van der Waals surface area contributed by atoms with Gasteiger partial charge in [0.2, 0.25) is 0 Å². The van der Waals surface area contributed by atoms with Crippen molar-refractivity contribution in [2.24, 2.45) is 5.92 Å². The van der Waals surface area contributed by atoms with Crippen LogP contribution in [-0.4, -0.2) is 49.0 Å². The number of anilines is 2. The molecule has 0 aromatic carbocycles. The Bertz CT molecular complexity index is 435. The van der Waals surface area contributed by atoms with Gasteiger partial charge in [0, 0.05) is 13.1 Å². The minimum Gasteiger partial charge on any atom is -0.465 e. The molecule has 0 spiro atoms. The Kier molecular flexibility index (Phi) is 4.03. The minimum absolute atomic E-state index is 0.234. The molecule has 0 radical (unpaired) electrons. The van der Waals surface area contributed by atoms with Gasteiger partial charge in [0.15, 0.2) is 5.82 Å². The van der Waals surface area contributed by atoms with E-state index in [1.165, 1.54) is 25.1 Å². The van der Waals surface area contributed by atoms with Crippen LogP contribution >= 0.6 is 11.5 Å². The number of esters is 1. The molecule has 0 amide bonds. The fourth-order valence-corrected chi connectivity index (χ4v) is 2.86. The van der Waals surface area contributed by atoms with Crippen molar-refractivity contribution in [2.75, 3.05) is 44.8 Å². The highest BCUT2D eigenvalue weighted by Crippen LogP contribution is 2.28. The number of hydrogen-bond donors (Lipinski definition) is 2. The summed E-state index contributed by atoms with van der Waals surface area (Å²) in [7, 11) is 3.46. The first-order valence-corrected chi connectivity index (χ1v) is 6.65. The second-order valence-corrected chi connectivity index (χ2v) is 5.33. The summed E-state index contributed by atoms with van der Waals surface area (Å²) in [5.74, 6) is 0.397. The second-order valence-electron chi connectivity index (χ2n) is 4.56. The van der Waals surface area contributed by atoms with Gasteiger partial charge in [-0.25, -0.2) is 4.79 Å². The monoisotopic (exact) mass is 270 g/mol. The van der Waals surface area contributed by atoms with Gasteiger partial charge in [0.05, 0.1) is 7.11 Å². The highest BCUT2D eigenvalue weighted by Gasteiger charge is 2.23. The maximum Gasteiger partial charge on any atom is 0.344 e. The molecule has 100 valence electrons. The van der Waals surface area contributed by atoms with Crippen molar-refractivity contribution in [3.8, 4) is 0 Å². The van der Waals surface area contributed by atoms with E-state index >= 15 is 0 Å². The van der Waals surface area contributed by atoms with Crippen molar-refractivity contribution in [3.05, 3.63) is 5.56 Å². The summed E-state index contributed by atoms with van der Waals surface area (Å²) in [5.41, 5.74) is 6.03. The maximum absolute atomic E-state index is 11.6. The van der Waals surface area contributed by atoms with Crippen LogP contribution < -0.4 is 11.1 Å². The Labute approximate surface area is 110 Å². The quantitative estimate of drug-likeness (QED) is 0.790. The third-order valence-corrected chi connectivity index (χ3v) is 3.97. The number of nitrogens with two attached hydrogens (primary N) is 1. The van der Waals surface area contributed by atoms with Gasteiger partial charge < -0.3 is 20.7 Å². The van der Waals surface area contributed by atoms with Gasteiger partial charge >= 0.3 is 5.97 Å². The number of likely N-dealkylation sites (tertiary alicyclic amines) is 1. The van der Waals surface area contributed by atoms with Crippen molar-refractivity contribution >= 4 is 28.3 Å². The maximum atomic E-state index is 11.6. The molecule has 0 bridgehead atoms. The molecule has 3 N–H and O–H groups in total. The molecular weight excluding hydrogens is 252 g/mol. The lowest BCUT2D eigenvalue weighted by atomic mass is 10.1. The van der Waals surface area contributed by atoms with Crippen molar-refractivity contribution in [1.29, 1.82) is 0 Å². The number of nitrogen functional groups attached to an aromatic ring is 1. The molecule has 1 fully saturated rings. The Morgan fingerprint density at radius 3 is 3.11 bits per heavy atom. The number of carbonyl (C=O) groups is 1. The zero-order valence-corrected chi connectivity index (χ0v) is 11.4. The first-order chi connectivity index (χ1) is 8.61. The number of carbonyl (C=O) groups excluding carboxylic acids is 1. The second kappa shape index (κ2) is 5.53. The van der Waals surface area contributed by atoms with Crippen LogP contribution in [0.2, 0.25) is 0 Å². The molecule has 7 heteroatoms.